The number of carbonyl (C=O) groups excluding carboxylic acids is 1. The van der Waals surface area contributed by atoms with E-state index >= 15 is 0 Å². The van der Waals surface area contributed by atoms with Gasteiger partial charge in [-0.25, -0.2) is 13.8 Å². The van der Waals surface area contributed by atoms with Crippen LogP contribution < -0.4 is 5.32 Å². The Morgan fingerprint density at radius 2 is 2.05 bits per heavy atom. The predicted octanol–water partition coefficient (Wildman–Crippen LogP) is 2.60. The number of nitrogens with zero attached hydrogens (tertiary/aromatic N) is 1. The van der Waals surface area contributed by atoms with Gasteiger partial charge in [0.15, 0.2) is 16.8 Å². The number of hydrogen-bond donors (Lipinski definition) is 2. The van der Waals surface area contributed by atoms with E-state index in [1.54, 1.807) is 0 Å². The standard InChI is InChI=1S/C13H13F2N3OS/c14-7-5-9-10(6-8(7)15)18-13(17-9)20-11-3-1-2-4-16-12(11)19/h5-6,11H,1-4H2,(H,16,19)(H,17,18)/t11-/m1/s1. The van der Waals surface area contributed by atoms with Gasteiger partial charge in [0.05, 0.1) is 16.3 Å². The van der Waals surface area contributed by atoms with Crippen molar-refractivity contribution < 1.29 is 13.6 Å². The molecule has 1 fully saturated rings. The van der Waals surface area contributed by atoms with E-state index in [9.17, 15) is 13.6 Å². The van der Waals surface area contributed by atoms with Gasteiger partial charge in [0, 0.05) is 18.7 Å². The van der Waals surface area contributed by atoms with E-state index in [0.717, 1.165) is 31.4 Å². The van der Waals surface area contributed by atoms with E-state index in [2.05, 4.69) is 15.3 Å². The molecule has 1 aromatic carbocycles. The second kappa shape index (κ2) is 5.40. The summed E-state index contributed by atoms with van der Waals surface area (Å²) >= 11 is 1.30. The third-order valence-corrected chi connectivity index (χ3v) is 4.39. The fourth-order valence-electron chi connectivity index (χ4n) is 2.20. The van der Waals surface area contributed by atoms with Crippen molar-refractivity contribution in [3.8, 4) is 0 Å². The molecule has 0 bridgehead atoms. The van der Waals surface area contributed by atoms with Crippen molar-refractivity contribution >= 4 is 28.7 Å². The summed E-state index contributed by atoms with van der Waals surface area (Å²) in [6.45, 7) is 0.701. The van der Waals surface area contributed by atoms with Crippen molar-refractivity contribution in [1.29, 1.82) is 0 Å². The highest BCUT2D eigenvalue weighted by molar-refractivity contribution is 8.00. The molecule has 2 aromatic rings. The molecular weight excluding hydrogens is 284 g/mol. The molecule has 106 valence electrons. The fourth-order valence-corrected chi connectivity index (χ4v) is 3.26. The number of hydrogen-bond acceptors (Lipinski definition) is 3. The number of carbonyl (C=O) groups is 1. The molecule has 1 aromatic heterocycles. The van der Waals surface area contributed by atoms with Crippen LogP contribution in [0.15, 0.2) is 17.3 Å². The summed E-state index contributed by atoms with van der Waals surface area (Å²) in [6, 6.07) is 2.13. The Balaban J connectivity index is 1.85. The van der Waals surface area contributed by atoms with Crippen molar-refractivity contribution in [2.45, 2.75) is 29.7 Å². The first-order valence-corrected chi connectivity index (χ1v) is 7.30. The zero-order valence-corrected chi connectivity index (χ0v) is 11.4. The van der Waals surface area contributed by atoms with Crippen molar-refractivity contribution in [2.24, 2.45) is 0 Å². The van der Waals surface area contributed by atoms with Gasteiger partial charge in [0.25, 0.3) is 0 Å². The van der Waals surface area contributed by atoms with Crippen LogP contribution in [0.4, 0.5) is 8.78 Å². The summed E-state index contributed by atoms with van der Waals surface area (Å²) in [6.07, 6.45) is 2.72. The van der Waals surface area contributed by atoms with E-state index in [1.165, 1.54) is 11.8 Å². The maximum Gasteiger partial charge on any atom is 0.233 e. The Hall–Kier alpha value is -1.63. The highest BCUT2D eigenvalue weighted by atomic mass is 32.2. The van der Waals surface area contributed by atoms with E-state index in [4.69, 9.17) is 0 Å². The molecule has 1 aliphatic heterocycles. The van der Waals surface area contributed by atoms with Crippen LogP contribution in [0.1, 0.15) is 19.3 Å². The molecule has 2 heterocycles. The van der Waals surface area contributed by atoms with Crippen LogP contribution in [0.3, 0.4) is 0 Å². The Labute approximate surface area is 118 Å². The zero-order chi connectivity index (χ0) is 14.1. The number of amides is 1. The molecule has 0 saturated carbocycles. The minimum atomic E-state index is -0.923. The highest BCUT2D eigenvalue weighted by Crippen LogP contribution is 2.28. The van der Waals surface area contributed by atoms with E-state index in [1.807, 2.05) is 0 Å². The van der Waals surface area contributed by atoms with Crippen molar-refractivity contribution in [2.75, 3.05) is 6.54 Å². The van der Waals surface area contributed by atoms with Gasteiger partial charge in [-0.15, -0.1) is 0 Å². The summed E-state index contributed by atoms with van der Waals surface area (Å²) < 4.78 is 26.3. The quantitative estimate of drug-likeness (QED) is 0.896. The van der Waals surface area contributed by atoms with Crippen LogP contribution in [0.2, 0.25) is 0 Å². The Kier molecular flexibility index (Phi) is 3.60. The van der Waals surface area contributed by atoms with Gasteiger partial charge >= 0.3 is 0 Å². The van der Waals surface area contributed by atoms with Crippen molar-refractivity contribution in [1.82, 2.24) is 15.3 Å². The first kappa shape index (κ1) is 13.4. The molecular formula is C13H13F2N3OS. The molecule has 1 aliphatic rings. The third-order valence-electron chi connectivity index (χ3n) is 3.24. The number of rotatable bonds is 2. The fraction of sp³-hybridized carbons (Fsp3) is 0.385. The lowest BCUT2D eigenvalue weighted by atomic mass is 10.2. The van der Waals surface area contributed by atoms with Gasteiger partial charge in [-0.3, -0.25) is 4.79 Å². The maximum atomic E-state index is 13.1. The van der Waals surface area contributed by atoms with Crippen LogP contribution >= 0.6 is 11.8 Å². The summed E-state index contributed by atoms with van der Waals surface area (Å²) in [4.78, 5) is 19.0. The first-order valence-electron chi connectivity index (χ1n) is 6.42. The monoisotopic (exact) mass is 297 g/mol. The predicted molar refractivity (Wildman–Crippen MR) is 72.5 cm³/mol. The first-order chi connectivity index (χ1) is 9.63. The zero-order valence-electron chi connectivity index (χ0n) is 10.6. The minimum Gasteiger partial charge on any atom is -0.355 e. The van der Waals surface area contributed by atoms with Crippen molar-refractivity contribution in [3.63, 3.8) is 0 Å². The van der Waals surface area contributed by atoms with Gasteiger partial charge in [-0.05, 0) is 12.8 Å². The van der Waals surface area contributed by atoms with Crippen molar-refractivity contribution in [3.05, 3.63) is 23.8 Å². The van der Waals surface area contributed by atoms with Crippen LogP contribution in [-0.2, 0) is 4.79 Å². The molecule has 3 rings (SSSR count). The van der Waals surface area contributed by atoms with Crippen LogP contribution in [0, 0.1) is 11.6 Å². The summed E-state index contributed by atoms with van der Waals surface area (Å²) in [5.74, 6) is -1.84. The smallest absolute Gasteiger partial charge is 0.233 e. The topological polar surface area (TPSA) is 57.8 Å². The summed E-state index contributed by atoms with van der Waals surface area (Å²) in [5, 5.41) is 3.14. The van der Waals surface area contributed by atoms with Gasteiger partial charge in [-0.1, -0.05) is 18.2 Å². The summed E-state index contributed by atoms with van der Waals surface area (Å²) in [5.41, 5.74) is 0.792. The number of H-pyrrole nitrogens is 1. The average Bonchev–Trinajstić information content (AvgIpc) is 2.66. The molecule has 1 atom stereocenters. The Bertz CT molecular complexity index is 619. The largest absolute Gasteiger partial charge is 0.355 e. The number of halogens is 2. The molecule has 7 heteroatoms. The number of fused-ring (bicyclic) bond motifs is 1. The summed E-state index contributed by atoms with van der Waals surface area (Å²) in [7, 11) is 0. The minimum absolute atomic E-state index is 0.00897. The average molecular weight is 297 g/mol. The lowest BCUT2D eigenvalue weighted by molar-refractivity contribution is -0.120. The Morgan fingerprint density at radius 3 is 2.90 bits per heavy atom. The number of aromatic nitrogens is 2. The van der Waals surface area contributed by atoms with E-state index < -0.39 is 11.6 Å². The van der Waals surface area contributed by atoms with Crippen LogP contribution in [0.25, 0.3) is 11.0 Å². The lowest BCUT2D eigenvalue weighted by Crippen LogP contribution is -2.30. The molecule has 4 nitrogen and oxygen atoms in total. The lowest BCUT2D eigenvalue weighted by Gasteiger charge is -2.09. The van der Waals surface area contributed by atoms with Gasteiger partial charge in [-0.2, -0.15) is 0 Å². The van der Waals surface area contributed by atoms with Crippen LogP contribution in [-0.4, -0.2) is 27.7 Å². The van der Waals surface area contributed by atoms with E-state index in [-0.39, 0.29) is 11.2 Å². The Morgan fingerprint density at radius 1 is 1.25 bits per heavy atom. The molecule has 0 aliphatic carbocycles. The molecule has 1 saturated heterocycles. The van der Waals surface area contributed by atoms with Gasteiger partial charge < -0.3 is 10.3 Å². The highest BCUT2D eigenvalue weighted by Gasteiger charge is 2.23. The molecule has 0 unspecified atom stereocenters. The molecule has 0 radical (unpaired) electrons. The molecule has 1 amide bonds. The molecule has 0 spiro atoms. The van der Waals surface area contributed by atoms with Gasteiger partial charge in [0.1, 0.15) is 0 Å². The third kappa shape index (κ3) is 2.63. The number of benzene rings is 1. The SMILES string of the molecule is O=C1NCCCC[C@H]1Sc1nc2cc(F)c(F)cc2[nH]1. The molecule has 20 heavy (non-hydrogen) atoms. The number of aromatic amines is 1. The van der Waals surface area contributed by atoms with Crippen LogP contribution in [0.5, 0.6) is 0 Å². The number of thioether (sulfide) groups is 1. The normalized spacial score (nSPS) is 19.9. The second-order valence-electron chi connectivity index (χ2n) is 4.72. The van der Waals surface area contributed by atoms with Gasteiger partial charge in [0.2, 0.25) is 5.91 Å². The maximum absolute atomic E-state index is 13.1. The molecule has 2 N–H and O–H groups in total. The van der Waals surface area contributed by atoms with E-state index in [0.29, 0.717) is 22.7 Å². The number of nitrogens with one attached hydrogen (secondary N) is 2. The number of imidazole rings is 1. The second-order valence-corrected chi connectivity index (χ2v) is 5.91.